The molecule has 496 valence electrons. The molecule has 0 aromatic carbocycles. The molecule has 0 amide bonds. The number of rotatable bonds is 13. The first-order valence-corrected chi connectivity index (χ1v) is 36.2. The van der Waals surface area contributed by atoms with Crippen molar-refractivity contribution in [2.24, 2.45) is 123 Å². The Kier molecular flexibility index (Phi) is 27.6. The summed E-state index contributed by atoms with van der Waals surface area (Å²) >= 11 is 9.09. The molecule has 86 heavy (non-hydrogen) atoms. The Labute approximate surface area is 540 Å². The number of ether oxygens (including phenoxy) is 3. The van der Waals surface area contributed by atoms with E-state index in [9.17, 15) is 29.7 Å². The molecule has 12 saturated carbocycles. The maximum Gasteiger partial charge on any atom is 0.197 e. The molecule has 12 nitrogen and oxygen atoms in total. The van der Waals surface area contributed by atoms with E-state index in [0.29, 0.717) is 91.9 Å². The van der Waals surface area contributed by atoms with Gasteiger partial charge in [0.1, 0.15) is 17.3 Å². The van der Waals surface area contributed by atoms with Gasteiger partial charge in [0.25, 0.3) is 0 Å². The molecule has 0 aromatic rings. The van der Waals surface area contributed by atoms with Crippen LogP contribution in [0, 0.1) is 123 Å². The molecule has 12 rings (SSSR count). The highest BCUT2D eigenvalue weighted by atomic mass is 79.9. The van der Waals surface area contributed by atoms with Gasteiger partial charge in [-0.1, -0.05) is 44.1 Å². The predicted octanol–water partition coefficient (Wildman–Crippen LogP) is 13.8. The molecule has 0 radical (unpaired) electrons. The molecule has 0 aromatic heterocycles. The molecule has 24 atom stereocenters. The second kappa shape index (κ2) is 31.9. The van der Waals surface area contributed by atoms with Crippen LogP contribution in [0.25, 0.3) is 0 Å². The quantitative estimate of drug-likeness (QED) is 0.127. The van der Waals surface area contributed by atoms with Crippen LogP contribution in [-0.4, -0.2) is 115 Å². The topological polar surface area (TPSA) is 194 Å². The lowest BCUT2D eigenvalue weighted by Crippen LogP contribution is -2.52. The molecule has 0 bridgehead atoms. The molecule has 4 N–H and O–H groups in total. The first kappa shape index (κ1) is 74.3. The molecule has 15 heteroatoms. The van der Waals surface area contributed by atoms with Crippen molar-refractivity contribution >= 4 is 58.3 Å². The van der Waals surface area contributed by atoms with Crippen LogP contribution in [0.15, 0.2) is 0 Å². The lowest BCUT2D eigenvalue weighted by atomic mass is 9.49. The summed E-state index contributed by atoms with van der Waals surface area (Å²) in [7, 11) is 1.00. The zero-order chi connectivity index (χ0) is 62.3. The number of halogens is 1. The number of aliphatic hydroxyl groups excluding tert-OH is 1. The maximum atomic E-state index is 12.5. The second-order valence-corrected chi connectivity index (χ2v) is 31.5. The van der Waals surface area contributed by atoms with Gasteiger partial charge in [0.2, 0.25) is 0 Å². The average Bonchev–Trinajstić information content (AvgIpc) is 1.44. The van der Waals surface area contributed by atoms with Gasteiger partial charge in [0.15, 0.2) is 25.1 Å². The van der Waals surface area contributed by atoms with Crippen LogP contribution in [0.1, 0.15) is 236 Å². The number of carbonyl (C=O) groups excluding carboxylic acids is 3. The van der Waals surface area contributed by atoms with Crippen molar-refractivity contribution in [1.29, 1.82) is 0 Å². The smallest absolute Gasteiger partial charge is 0.197 e. The van der Waals surface area contributed by atoms with Crippen molar-refractivity contribution in [1.82, 2.24) is 0 Å². The minimum absolute atomic E-state index is 0. The van der Waals surface area contributed by atoms with Crippen LogP contribution in [0.2, 0.25) is 0 Å². The summed E-state index contributed by atoms with van der Waals surface area (Å²) in [5.74, 6) is 13.9. The standard InChI is InChI=1S/C23H37BrO3.2C23H38O3.CH4O.CH4.2OS/c1-3-27-14-23(26)11-9-16-15(12-23)4-5-18-17(16)8-10-22(2)19(18)6-7-20(22)21(25)13-24;2*1-4-26-14-23(25)12-10-17-16(13-23)5-6-19-18(17)9-11-22(3)20(15(2)24)7-8-21(19)22;1-2;;2*1-2/h15-20,26H,3-14H2,1-2H3;2*16-21,25H,4-14H2,1-3H3;2H,1H3;1H4;;/t15-,16+,17-,18-,19+,20-,22+,23-;16-,17+,18-,19-,20-,21+,22-,23+;16-,17+,18-,19-,20-,21+,22-,23-;;;;/m111..../s1. The van der Waals surface area contributed by atoms with Gasteiger partial charge in [0, 0.05) is 44.7 Å². The second-order valence-electron chi connectivity index (χ2n) is 31.0. The Morgan fingerprint density at radius 1 is 0.407 bits per heavy atom. The minimum Gasteiger partial charge on any atom is -0.400 e. The first-order valence-electron chi connectivity index (χ1n) is 34.5. The number of hydrogen-bond donors (Lipinski definition) is 4. The van der Waals surface area contributed by atoms with Gasteiger partial charge in [-0.15, -0.1) is 0 Å². The summed E-state index contributed by atoms with van der Waals surface area (Å²) in [6.07, 6.45) is 31.7. The summed E-state index contributed by atoms with van der Waals surface area (Å²) in [6, 6.07) is 0. The number of alkyl halides is 1. The van der Waals surface area contributed by atoms with E-state index in [-0.39, 0.29) is 29.6 Å². The Morgan fingerprint density at radius 3 is 0.942 bits per heavy atom. The third-order valence-corrected chi connectivity index (χ3v) is 28.1. The molecule has 0 aliphatic heterocycles. The fourth-order valence-corrected chi connectivity index (χ4v) is 24.5. The van der Waals surface area contributed by atoms with Crippen molar-refractivity contribution < 1.29 is 57.4 Å². The number of ketones is 3. The number of hydrogen-bond acceptors (Lipinski definition) is 14. The van der Waals surface area contributed by atoms with E-state index in [0.717, 1.165) is 136 Å². The summed E-state index contributed by atoms with van der Waals surface area (Å²) in [5.41, 5.74) is -0.980. The number of Topliss-reactive ketones (excluding diaryl/α,β-unsaturated/α-hetero) is 3. The van der Waals surface area contributed by atoms with E-state index in [4.69, 9.17) is 27.7 Å². The van der Waals surface area contributed by atoms with E-state index in [2.05, 4.69) is 61.8 Å². The molecule has 0 heterocycles. The minimum atomic E-state index is -0.589. The fourth-order valence-electron chi connectivity index (χ4n) is 24.1. The molecule has 0 unspecified atom stereocenters. The van der Waals surface area contributed by atoms with Gasteiger partial charge in [0.05, 0.1) is 42.0 Å². The van der Waals surface area contributed by atoms with Crippen molar-refractivity contribution in [2.45, 2.75) is 253 Å². The monoisotopic (exact) mass is 1310 g/mol. The Bertz CT molecular complexity index is 2080. The fraction of sp³-hybridized carbons (Fsp3) is 0.958. The number of aliphatic hydroxyl groups is 4. The SMILES string of the molecule is C.CCOC[C@@]1(O)CC[C@H]2[C@H](CC[C@@H]3[C@@H]2CC[C@]2(C)[C@@H](C(=O)CBr)CC[C@@H]32)C1.CCOC[C@@]1(O)CC[C@H]2[C@H](CC[C@@H]3[C@@H]2CC[C@]2(C)[C@@H](C(C)=O)CC[C@@H]32)C1.CCOC[C@]1(O)CC[C@H]2[C@H](CC[C@@H]3[C@@H]2CC[C@]2(C)[C@@H](C(C)=O)CC[C@@H]32)C1.CO.O=S.O=S. The highest BCUT2D eigenvalue weighted by Crippen LogP contribution is 2.68. The van der Waals surface area contributed by atoms with Gasteiger partial charge in [-0.05, 0) is 313 Å². The lowest BCUT2D eigenvalue weighted by molar-refractivity contribution is -0.136. The maximum absolute atomic E-state index is 12.5. The van der Waals surface area contributed by atoms with Crippen molar-refractivity contribution in [2.75, 3.05) is 52.1 Å². The third kappa shape index (κ3) is 15.1. The molecule has 12 fully saturated rings. The zero-order valence-electron chi connectivity index (χ0n) is 54.2. The summed E-state index contributed by atoms with van der Waals surface area (Å²) < 4.78 is 32.4. The molecule has 12 aliphatic carbocycles. The van der Waals surface area contributed by atoms with Gasteiger partial charge < -0.3 is 34.6 Å². The summed E-state index contributed by atoms with van der Waals surface area (Å²) in [4.78, 5) is 37.0. The Balaban J connectivity index is 0.000000196. The van der Waals surface area contributed by atoms with Gasteiger partial charge in [-0.3, -0.25) is 14.4 Å². The van der Waals surface area contributed by atoms with E-state index in [1.165, 1.54) is 116 Å². The largest absolute Gasteiger partial charge is 0.400 e. The van der Waals surface area contributed by atoms with Crippen molar-refractivity contribution in [3.05, 3.63) is 0 Å². The molecule has 0 spiro atoms. The van der Waals surface area contributed by atoms with Crippen LogP contribution in [0.3, 0.4) is 0 Å². The molecule has 12 aliphatic rings. The normalized spacial score (nSPS) is 46.2. The predicted molar refractivity (Wildman–Crippen MR) is 347 cm³/mol. The van der Waals surface area contributed by atoms with Gasteiger partial charge >= 0.3 is 0 Å². The van der Waals surface area contributed by atoms with E-state index in [1.54, 1.807) is 0 Å². The highest BCUT2D eigenvalue weighted by molar-refractivity contribution is 9.09. The highest BCUT2D eigenvalue weighted by Gasteiger charge is 2.62. The third-order valence-electron chi connectivity index (χ3n) is 27.5. The first-order chi connectivity index (χ1) is 40.7. The average molecular weight is 1310 g/mol. The van der Waals surface area contributed by atoms with E-state index >= 15 is 0 Å². The van der Waals surface area contributed by atoms with Gasteiger partial charge in [-0.2, -0.15) is 8.42 Å². The molecular formula is C71H121BrO12S2. The number of carbonyl (C=O) groups is 3. The Morgan fingerprint density at radius 2 is 0.674 bits per heavy atom. The lowest BCUT2D eigenvalue weighted by Gasteiger charge is -2.57. The zero-order valence-corrected chi connectivity index (χ0v) is 57.4. The number of fused-ring (bicyclic) bond motifs is 15. The van der Waals surface area contributed by atoms with Crippen LogP contribution < -0.4 is 0 Å². The van der Waals surface area contributed by atoms with Crippen molar-refractivity contribution in [3.8, 4) is 0 Å². The van der Waals surface area contributed by atoms with E-state index < -0.39 is 16.8 Å². The summed E-state index contributed by atoms with van der Waals surface area (Å²) in [6.45, 7) is 20.6. The molecule has 0 saturated heterocycles. The van der Waals surface area contributed by atoms with Gasteiger partial charge in [-0.25, -0.2) is 0 Å². The van der Waals surface area contributed by atoms with Crippen molar-refractivity contribution in [3.63, 3.8) is 0 Å². The van der Waals surface area contributed by atoms with Crippen LogP contribution in [-0.2, 0) is 53.7 Å². The van der Waals surface area contributed by atoms with E-state index in [1.807, 2.05) is 34.6 Å². The molecular weight excluding hydrogens is 1190 g/mol. The van der Waals surface area contributed by atoms with Crippen LogP contribution >= 0.6 is 15.9 Å². The van der Waals surface area contributed by atoms with Crippen LogP contribution in [0.5, 0.6) is 0 Å². The summed E-state index contributed by atoms with van der Waals surface area (Å²) in [5, 5.41) is 40.4. The Hall–Kier alpha value is -0.750. The van der Waals surface area contributed by atoms with Crippen LogP contribution in [0.4, 0.5) is 0 Å².